The van der Waals surface area contributed by atoms with Crippen molar-refractivity contribution in [2.24, 2.45) is 5.73 Å². The molecule has 0 bridgehead atoms. The molecule has 0 aliphatic rings. The lowest BCUT2D eigenvalue weighted by Crippen LogP contribution is -2.26. The predicted octanol–water partition coefficient (Wildman–Crippen LogP) is -0.201. The van der Waals surface area contributed by atoms with E-state index in [1.54, 1.807) is 0 Å². The molecule has 14 heavy (non-hydrogen) atoms. The summed E-state index contributed by atoms with van der Waals surface area (Å²) in [6.07, 6.45) is -2.17. The predicted molar refractivity (Wildman–Crippen MR) is 51.3 cm³/mol. The Morgan fingerprint density at radius 2 is 2.21 bits per heavy atom. The van der Waals surface area contributed by atoms with Crippen molar-refractivity contribution in [3.8, 4) is 0 Å². The Kier molecular flexibility index (Phi) is 3.59. The Labute approximate surface area is 84.4 Å². The first kappa shape index (κ1) is 11.1. The van der Waals surface area contributed by atoms with E-state index in [1.807, 2.05) is 0 Å². The average Bonchev–Trinajstić information content (AvgIpc) is 2.64. The highest BCUT2D eigenvalue weighted by Crippen LogP contribution is 2.24. The molecule has 0 saturated carbocycles. The molecule has 6 heteroatoms. The van der Waals surface area contributed by atoms with Crippen molar-refractivity contribution in [3.63, 3.8) is 0 Å². The van der Waals surface area contributed by atoms with Crippen molar-refractivity contribution in [2.45, 2.75) is 12.2 Å². The second kappa shape index (κ2) is 4.52. The minimum atomic E-state index is -1.11. The Morgan fingerprint density at radius 3 is 2.64 bits per heavy atom. The van der Waals surface area contributed by atoms with Crippen molar-refractivity contribution in [1.29, 1.82) is 0 Å². The third-order valence-corrected chi connectivity index (χ3v) is 2.77. The summed E-state index contributed by atoms with van der Waals surface area (Å²) in [6, 6.07) is 1.33. The highest BCUT2D eigenvalue weighted by molar-refractivity contribution is 7.10. The van der Waals surface area contributed by atoms with Gasteiger partial charge in [0.15, 0.2) is 0 Å². The van der Waals surface area contributed by atoms with Crippen LogP contribution in [0.15, 0.2) is 11.4 Å². The molecule has 0 spiro atoms. The molecule has 0 fully saturated rings. The van der Waals surface area contributed by atoms with Crippen LogP contribution >= 0.6 is 11.3 Å². The third-order valence-electron chi connectivity index (χ3n) is 1.76. The topological polar surface area (TPSA) is 104 Å². The van der Waals surface area contributed by atoms with Crippen LogP contribution in [-0.4, -0.2) is 33.9 Å². The standard InChI is InChI=1S/C8H11NO4S/c9-2-5(10)7(11)6-1-4(3-14-6)8(12)13/h1,3,5,7,10-11H,2,9H2,(H,12,13). The monoisotopic (exact) mass is 217 g/mol. The summed E-state index contributed by atoms with van der Waals surface area (Å²) in [5.41, 5.74) is 5.26. The van der Waals surface area contributed by atoms with Crippen molar-refractivity contribution in [1.82, 2.24) is 0 Å². The van der Waals surface area contributed by atoms with Gasteiger partial charge in [0, 0.05) is 16.8 Å². The van der Waals surface area contributed by atoms with Crippen molar-refractivity contribution < 1.29 is 20.1 Å². The number of aliphatic hydroxyl groups is 2. The maximum absolute atomic E-state index is 10.5. The molecule has 0 amide bonds. The lowest BCUT2D eigenvalue weighted by atomic mass is 10.1. The zero-order valence-electron chi connectivity index (χ0n) is 7.25. The largest absolute Gasteiger partial charge is 0.478 e. The molecule has 1 rings (SSSR count). The summed E-state index contributed by atoms with van der Waals surface area (Å²) >= 11 is 1.08. The maximum Gasteiger partial charge on any atom is 0.336 e. The van der Waals surface area contributed by atoms with Gasteiger partial charge in [0.1, 0.15) is 6.10 Å². The highest BCUT2D eigenvalue weighted by Gasteiger charge is 2.19. The number of hydrogen-bond donors (Lipinski definition) is 4. The van der Waals surface area contributed by atoms with E-state index in [9.17, 15) is 15.0 Å². The average molecular weight is 217 g/mol. The first-order valence-corrected chi connectivity index (χ1v) is 4.82. The van der Waals surface area contributed by atoms with Crippen LogP contribution in [0.3, 0.4) is 0 Å². The smallest absolute Gasteiger partial charge is 0.336 e. The van der Waals surface area contributed by atoms with Gasteiger partial charge >= 0.3 is 5.97 Å². The van der Waals surface area contributed by atoms with Crippen molar-refractivity contribution in [3.05, 3.63) is 21.9 Å². The van der Waals surface area contributed by atoms with E-state index in [0.29, 0.717) is 4.88 Å². The van der Waals surface area contributed by atoms with Gasteiger partial charge in [-0.25, -0.2) is 4.79 Å². The zero-order valence-corrected chi connectivity index (χ0v) is 8.07. The summed E-state index contributed by atoms with van der Waals surface area (Å²) in [7, 11) is 0. The molecule has 0 radical (unpaired) electrons. The van der Waals surface area contributed by atoms with E-state index < -0.39 is 18.2 Å². The number of aromatic carboxylic acids is 1. The van der Waals surface area contributed by atoms with Gasteiger partial charge in [-0.3, -0.25) is 0 Å². The Balaban J connectivity index is 2.81. The second-order valence-electron chi connectivity index (χ2n) is 2.79. The number of carboxylic acid groups (broad SMARTS) is 1. The van der Waals surface area contributed by atoms with Crippen LogP contribution in [0.1, 0.15) is 21.3 Å². The number of carbonyl (C=O) groups is 1. The Hall–Kier alpha value is -0.950. The fraction of sp³-hybridized carbons (Fsp3) is 0.375. The molecular formula is C8H11NO4S. The van der Waals surface area contributed by atoms with Crippen LogP contribution in [0.25, 0.3) is 0 Å². The number of nitrogens with two attached hydrogens (primary N) is 1. The number of rotatable bonds is 4. The summed E-state index contributed by atoms with van der Waals surface area (Å²) < 4.78 is 0. The lowest BCUT2D eigenvalue weighted by Gasteiger charge is -2.13. The Morgan fingerprint density at radius 1 is 1.57 bits per heavy atom. The molecule has 2 unspecified atom stereocenters. The first-order valence-electron chi connectivity index (χ1n) is 3.94. The molecule has 0 aliphatic carbocycles. The van der Waals surface area contributed by atoms with Crippen molar-refractivity contribution >= 4 is 17.3 Å². The molecule has 0 aromatic carbocycles. The summed E-state index contributed by atoms with van der Waals surface area (Å²) in [4.78, 5) is 10.9. The van der Waals surface area contributed by atoms with Crippen LogP contribution in [-0.2, 0) is 0 Å². The molecule has 1 aromatic heterocycles. The molecule has 1 aromatic rings. The van der Waals surface area contributed by atoms with Crippen LogP contribution < -0.4 is 5.73 Å². The molecule has 5 nitrogen and oxygen atoms in total. The second-order valence-corrected chi connectivity index (χ2v) is 3.73. The summed E-state index contributed by atoms with van der Waals surface area (Å²) in [5.74, 6) is -1.05. The van der Waals surface area contributed by atoms with Crippen LogP contribution in [0.4, 0.5) is 0 Å². The van der Waals surface area contributed by atoms with E-state index in [2.05, 4.69) is 0 Å². The fourth-order valence-electron chi connectivity index (χ4n) is 0.939. The van der Waals surface area contributed by atoms with Gasteiger partial charge < -0.3 is 21.1 Å². The van der Waals surface area contributed by atoms with Gasteiger partial charge in [-0.15, -0.1) is 11.3 Å². The molecule has 1 heterocycles. The minimum absolute atomic E-state index is 0.0680. The van der Waals surface area contributed by atoms with E-state index in [-0.39, 0.29) is 12.1 Å². The van der Waals surface area contributed by atoms with Crippen LogP contribution in [0, 0.1) is 0 Å². The Bertz CT molecular complexity index is 325. The van der Waals surface area contributed by atoms with Gasteiger partial charge in [-0.2, -0.15) is 0 Å². The molecule has 0 aliphatic heterocycles. The van der Waals surface area contributed by atoms with Crippen LogP contribution in [0.5, 0.6) is 0 Å². The maximum atomic E-state index is 10.5. The van der Waals surface area contributed by atoms with Crippen LogP contribution in [0.2, 0.25) is 0 Å². The first-order chi connectivity index (χ1) is 6.56. The minimum Gasteiger partial charge on any atom is -0.478 e. The van der Waals surface area contributed by atoms with Crippen molar-refractivity contribution in [2.75, 3.05) is 6.54 Å². The normalized spacial score (nSPS) is 15.1. The summed E-state index contributed by atoms with van der Waals surface area (Å²) in [5, 5.41) is 28.7. The molecule has 78 valence electrons. The molecule has 5 N–H and O–H groups in total. The van der Waals surface area contributed by atoms with Gasteiger partial charge in [0.05, 0.1) is 11.7 Å². The SMILES string of the molecule is NCC(O)C(O)c1cc(C(=O)O)cs1. The number of hydrogen-bond acceptors (Lipinski definition) is 5. The highest BCUT2D eigenvalue weighted by atomic mass is 32.1. The third kappa shape index (κ3) is 2.30. The number of aliphatic hydroxyl groups excluding tert-OH is 2. The zero-order chi connectivity index (χ0) is 10.7. The van der Waals surface area contributed by atoms with E-state index >= 15 is 0 Å². The molecular weight excluding hydrogens is 206 g/mol. The fourth-order valence-corrected chi connectivity index (χ4v) is 1.86. The lowest BCUT2D eigenvalue weighted by molar-refractivity contribution is 0.0265. The van der Waals surface area contributed by atoms with Gasteiger partial charge in [-0.1, -0.05) is 0 Å². The van der Waals surface area contributed by atoms with E-state index in [4.69, 9.17) is 10.8 Å². The molecule has 2 atom stereocenters. The van der Waals surface area contributed by atoms with Gasteiger partial charge in [-0.05, 0) is 6.07 Å². The van der Waals surface area contributed by atoms with Gasteiger partial charge in [0.2, 0.25) is 0 Å². The van der Waals surface area contributed by atoms with Gasteiger partial charge in [0.25, 0.3) is 0 Å². The summed E-state index contributed by atoms with van der Waals surface area (Å²) in [6.45, 7) is -0.0680. The van der Waals surface area contributed by atoms with E-state index in [0.717, 1.165) is 11.3 Å². The quantitative estimate of drug-likeness (QED) is 0.559. The number of thiophene rings is 1. The number of carboxylic acids is 1. The van der Waals surface area contributed by atoms with E-state index in [1.165, 1.54) is 11.4 Å². The molecule has 0 saturated heterocycles.